The average Bonchev–Trinajstić information content (AvgIpc) is 2.40. The van der Waals surface area contributed by atoms with Gasteiger partial charge in [0.1, 0.15) is 5.82 Å². The van der Waals surface area contributed by atoms with Gasteiger partial charge in [0.2, 0.25) is 0 Å². The quantitative estimate of drug-likeness (QED) is 0.666. The predicted molar refractivity (Wildman–Crippen MR) is 80.5 cm³/mol. The lowest BCUT2D eigenvalue weighted by Gasteiger charge is -2.06. The van der Waals surface area contributed by atoms with Gasteiger partial charge < -0.3 is 0 Å². The molecule has 0 radical (unpaired) electrons. The summed E-state index contributed by atoms with van der Waals surface area (Å²) >= 11 is 17.6. The Bertz CT molecular complexity index is 635. The van der Waals surface area contributed by atoms with Crippen molar-refractivity contribution in [2.75, 3.05) is 0 Å². The second-order valence-electron chi connectivity index (χ2n) is 4.27. The van der Waals surface area contributed by atoms with Crippen molar-refractivity contribution in [1.82, 2.24) is 0 Å². The van der Waals surface area contributed by atoms with Gasteiger partial charge >= 0.3 is 0 Å². The summed E-state index contributed by atoms with van der Waals surface area (Å²) in [4.78, 5) is 12.1. The van der Waals surface area contributed by atoms with Crippen molar-refractivity contribution in [1.29, 1.82) is 0 Å². The Morgan fingerprint density at radius 1 is 1.00 bits per heavy atom. The molecule has 2 aromatic rings. The first kappa shape index (κ1) is 15.3. The molecule has 0 spiro atoms. The minimum Gasteiger partial charge on any atom is -0.294 e. The fourth-order valence-electron chi connectivity index (χ4n) is 1.84. The summed E-state index contributed by atoms with van der Waals surface area (Å²) in [6, 6.07) is 9.32. The first-order valence-corrected chi connectivity index (χ1v) is 7.03. The molecular formula is C15H10Cl3FO. The SMILES string of the molecule is O=C(CCc1ccc(F)c(Cl)c1)c1c(Cl)cccc1Cl. The lowest BCUT2D eigenvalue weighted by molar-refractivity contribution is 0.0983. The molecule has 0 atom stereocenters. The highest BCUT2D eigenvalue weighted by molar-refractivity contribution is 6.39. The maximum atomic E-state index is 13.0. The van der Waals surface area contributed by atoms with Crippen molar-refractivity contribution in [3.8, 4) is 0 Å². The highest BCUT2D eigenvalue weighted by atomic mass is 35.5. The summed E-state index contributed by atoms with van der Waals surface area (Å²) in [5.74, 6) is -0.628. The fourth-order valence-corrected chi connectivity index (χ4v) is 2.65. The summed E-state index contributed by atoms with van der Waals surface area (Å²) in [6.45, 7) is 0. The molecule has 0 N–H and O–H groups in total. The van der Waals surface area contributed by atoms with Crippen molar-refractivity contribution < 1.29 is 9.18 Å². The number of carbonyl (C=O) groups excluding carboxylic acids is 1. The van der Waals surface area contributed by atoms with Crippen LogP contribution in [-0.4, -0.2) is 5.78 Å². The van der Waals surface area contributed by atoms with Gasteiger partial charge in [0.15, 0.2) is 5.78 Å². The number of hydrogen-bond acceptors (Lipinski definition) is 1. The van der Waals surface area contributed by atoms with Crippen LogP contribution < -0.4 is 0 Å². The van der Waals surface area contributed by atoms with Gasteiger partial charge in [-0.25, -0.2) is 4.39 Å². The monoisotopic (exact) mass is 330 g/mol. The molecule has 0 amide bonds. The second kappa shape index (κ2) is 6.57. The highest BCUT2D eigenvalue weighted by Crippen LogP contribution is 2.26. The molecule has 0 aliphatic rings. The molecule has 1 nitrogen and oxygen atoms in total. The normalized spacial score (nSPS) is 10.6. The van der Waals surface area contributed by atoms with Gasteiger partial charge in [-0.15, -0.1) is 0 Å². The molecule has 104 valence electrons. The Morgan fingerprint density at radius 2 is 1.65 bits per heavy atom. The van der Waals surface area contributed by atoms with Crippen LogP contribution >= 0.6 is 34.8 Å². The number of carbonyl (C=O) groups is 1. The Kier molecular flexibility index (Phi) is 5.03. The lowest BCUT2D eigenvalue weighted by Crippen LogP contribution is -2.03. The van der Waals surface area contributed by atoms with E-state index in [9.17, 15) is 9.18 Å². The van der Waals surface area contributed by atoms with E-state index in [2.05, 4.69) is 0 Å². The van der Waals surface area contributed by atoms with Crippen LogP contribution in [0.4, 0.5) is 4.39 Å². The number of benzene rings is 2. The van der Waals surface area contributed by atoms with Gasteiger partial charge in [-0.2, -0.15) is 0 Å². The van der Waals surface area contributed by atoms with Gasteiger partial charge in [0, 0.05) is 6.42 Å². The Morgan fingerprint density at radius 3 is 2.25 bits per heavy atom. The zero-order chi connectivity index (χ0) is 14.7. The van der Waals surface area contributed by atoms with E-state index < -0.39 is 5.82 Å². The maximum Gasteiger partial charge on any atom is 0.166 e. The molecule has 0 saturated carbocycles. The van der Waals surface area contributed by atoms with Crippen LogP contribution in [0.1, 0.15) is 22.3 Å². The molecule has 0 unspecified atom stereocenters. The average molecular weight is 332 g/mol. The van der Waals surface area contributed by atoms with E-state index in [-0.39, 0.29) is 17.2 Å². The number of Topliss-reactive ketones (excluding diaryl/α,β-unsaturated/α-hetero) is 1. The van der Waals surface area contributed by atoms with Gasteiger partial charge in [-0.1, -0.05) is 46.9 Å². The number of halogens is 4. The standard InChI is InChI=1S/C15H10Cl3FO/c16-10-2-1-3-11(17)15(10)14(20)7-5-9-4-6-13(19)12(18)8-9/h1-4,6,8H,5,7H2. The van der Waals surface area contributed by atoms with Crippen molar-refractivity contribution in [2.24, 2.45) is 0 Å². The summed E-state index contributed by atoms with van der Waals surface area (Å²) < 4.78 is 13.0. The largest absolute Gasteiger partial charge is 0.294 e. The van der Waals surface area contributed by atoms with E-state index in [1.165, 1.54) is 12.1 Å². The van der Waals surface area contributed by atoms with Crippen molar-refractivity contribution in [2.45, 2.75) is 12.8 Å². The number of rotatable bonds is 4. The third-order valence-corrected chi connectivity index (χ3v) is 3.79. The van der Waals surface area contributed by atoms with Crippen molar-refractivity contribution >= 4 is 40.6 Å². The zero-order valence-corrected chi connectivity index (χ0v) is 12.6. The van der Waals surface area contributed by atoms with E-state index in [1.807, 2.05) is 0 Å². The third-order valence-electron chi connectivity index (χ3n) is 2.87. The molecular weight excluding hydrogens is 322 g/mol. The Hall–Kier alpha value is -1.09. The van der Waals surface area contributed by atoms with Crippen LogP contribution in [0, 0.1) is 5.82 Å². The van der Waals surface area contributed by atoms with Gasteiger partial charge in [0.25, 0.3) is 0 Å². The third kappa shape index (κ3) is 3.51. The first-order chi connectivity index (χ1) is 9.49. The summed E-state index contributed by atoms with van der Waals surface area (Å²) in [7, 11) is 0. The van der Waals surface area contributed by atoms with Crippen molar-refractivity contribution in [3.05, 3.63) is 68.4 Å². The highest BCUT2D eigenvalue weighted by Gasteiger charge is 2.14. The van der Waals surface area contributed by atoms with Gasteiger partial charge in [-0.3, -0.25) is 4.79 Å². The van der Waals surface area contributed by atoms with E-state index in [4.69, 9.17) is 34.8 Å². The second-order valence-corrected chi connectivity index (χ2v) is 5.49. The molecule has 20 heavy (non-hydrogen) atoms. The summed E-state index contributed by atoms with van der Waals surface area (Å²) in [5.41, 5.74) is 1.11. The first-order valence-electron chi connectivity index (χ1n) is 5.90. The van der Waals surface area contributed by atoms with E-state index in [0.717, 1.165) is 5.56 Å². The van der Waals surface area contributed by atoms with E-state index in [1.54, 1.807) is 24.3 Å². The molecule has 0 bridgehead atoms. The van der Waals surface area contributed by atoms with E-state index in [0.29, 0.717) is 22.0 Å². The van der Waals surface area contributed by atoms with Crippen LogP contribution in [0.25, 0.3) is 0 Å². The lowest BCUT2D eigenvalue weighted by atomic mass is 10.0. The van der Waals surface area contributed by atoms with Crippen LogP contribution in [-0.2, 0) is 6.42 Å². The van der Waals surface area contributed by atoms with Crippen LogP contribution in [0.5, 0.6) is 0 Å². The zero-order valence-electron chi connectivity index (χ0n) is 10.3. The summed E-state index contributed by atoms with van der Waals surface area (Å²) in [5, 5.41) is 0.713. The Labute approximate surface area is 131 Å². The molecule has 5 heteroatoms. The van der Waals surface area contributed by atoms with Crippen LogP contribution in [0.2, 0.25) is 15.1 Å². The van der Waals surface area contributed by atoms with Gasteiger partial charge in [-0.05, 0) is 36.2 Å². The minimum atomic E-state index is -0.476. The van der Waals surface area contributed by atoms with Gasteiger partial charge in [0.05, 0.1) is 20.6 Å². The molecule has 0 heterocycles. The fraction of sp³-hybridized carbons (Fsp3) is 0.133. The number of hydrogen-bond donors (Lipinski definition) is 0. The van der Waals surface area contributed by atoms with Crippen LogP contribution in [0.3, 0.4) is 0 Å². The number of ketones is 1. The minimum absolute atomic E-state index is 0.0470. The molecule has 2 aromatic carbocycles. The molecule has 0 fully saturated rings. The molecule has 2 rings (SSSR count). The molecule has 0 aromatic heterocycles. The van der Waals surface area contributed by atoms with Crippen molar-refractivity contribution in [3.63, 3.8) is 0 Å². The number of aryl methyl sites for hydroxylation is 1. The topological polar surface area (TPSA) is 17.1 Å². The van der Waals surface area contributed by atoms with E-state index >= 15 is 0 Å². The molecule has 0 aliphatic carbocycles. The van der Waals surface area contributed by atoms with Crippen LogP contribution in [0.15, 0.2) is 36.4 Å². The predicted octanol–water partition coefficient (Wildman–Crippen LogP) is 5.60. The Balaban J connectivity index is 2.11. The molecule has 0 saturated heterocycles. The smallest absolute Gasteiger partial charge is 0.166 e. The summed E-state index contributed by atoms with van der Waals surface area (Å²) in [6.07, 6.45) is 0.672. The molecule has 0 aliphatic heterocycles. The maximum absolute atomic E-state index is 13.0.